The zero-order valence-electron chi connectivity index (χ0n) is 11.8. The molecular formula is C14H22N4O. The lowest BCUT2D eigenvalue weighted by atomic mass is 9.85. The summed E-state index contributed by atoms with van der Waals surface area (Å²) in [5.74, 6) is 1.63. The molecule has 0 atom stereocenters. The topological polar surface area (TPSA) is 41.5 Å². The van der Waals surface area contributed by atoms with E-state index in [1.165, 1.54) is 32.2 Å². The van der Waals surface area contributed by atoms with Gasteiger partial charge in [0.05, 0.1) is 7.11 Å². The van der Waals surface area contributed by atoms with Gasteiger partial charge in [-0.1, -0.05) is 0 Å². The molecular weight excluding hydrogens is 240 g/mol. The third-order valence-electron chi connectivity index (χ3n) is 4.80. The maximum atomic E-state index is 5.17. The highest BCUT2D eigenvalue weighted by atomic mass is 16.5. The van der Waals surface area contributed by atoms with Gasteiger partial charge in [-0.15, -0.1) is 0 Å². The van der Waals surface area contributed by atoms with Gasteiger partial charge in [-0.3, -0.25) is 0 Å². The number of ether oxygens (including phenoxy) is 1. The van der Waals surface area contributed by atoms with Crippen LogP contribution in [0.2, 0.25) is 0 Å². The van der Waals surface area contributed by atoms with Gasteiger partial charge >= 0.3 is 0 Å². The molecule has 0 aliphatic carbocycles. The van der Waals surface area contributed by atoms with E-state index in [4.69, 9.17) is 4.74 Å². The zero-order valence-corrected chi connectivity index (χ0v) is 11.8. The van der Waals surface area contributed by atoms with Crippen molar-refractivity contribution >= 4 is 5.82 Å². The molecule has 0 aromatic carbocycles. The summed E-state index contributed by atoms with van der Waals surface area (Å²) in [6.45, 7) is 3.40. The van der Waals surface area contributed by atoms with Crippen LogP contribution in [0, 0.1) is 0 Å². The number of anilines is 1. The van der Waals surface area contributed by atoms with Crippen molar-refractivity contribution < 1.29 is 4.74 Å². The van der Waals surface area contributed by atoms with E-state index in [9.17, 15) is 0 Å². The molecule has 2 saturated heterocycles. The normalized spacial score (nSPS) is 22.9. The summed E-state index contributed by atoms with van der Waals surface area (Å²) in [7, 11) is 3.92. The Kier molecular flexibility index (Phi) is 3.31. The van der Waals surface area contributed by atoms with E-state index >= 15 is 0 Å². The molecule has 2 aliphatic heterocycles. The lowest BCUT2D eigenvalue weighted by Crippen LogP contribution is -2.50. The van der Waals surface area contributed by atoms with Crippen molar-refractivity contribution in [3.05, 3.63) is 12.4 Å². The lowest BCUT2D eigenvalue weighted by molar-refractivity contribution is 0.137. The van der Waals surface area contributed by atoms with Gasteiger partial charge in [0.15, 0.2) is 0 Å². The smallest absolute Gasteiger partial charge is 0.218 e. The van der Waals surface area contributed by atoms with Crippen LogP contribution in [0.4, 0.5) is 5.82 Å². The molecule has 0 bridgehead atoms. The van der Waals surface area contributed by atoms with Gasteiger partial charge < -0.3 is 14.5 Å². The van der Waals surface area contributed by atoms with Gasteiger partial charge in [0.1, 0.15) is 12.1 Å². The predicted octanol–water partition coefficient (Wildman–Crippen LogP) is 1.55. The molecule has 104 valence electrons. The summed E-state index contributed by atoms with van der Waals surface area (Å²) < 4.78 is 5.17. The van der Waals surface area contributed by atoms with Gasteiger partial charge in [0.25, 0.3) is 0 Å². The van der Waals surface area contributed by atoms with Gasteiger partial charge in [-0.25, -0.2) is 9.97 Å². The van der Waals surface area contributed by atoms with Crippen LogP contribution in [-0.2, 0) is 0 Å². The van der Waals surface area contributed by atoms with Gasteiger partial charge in [-0.05, 0) is 39.3 Å². The molecule has 0 amide bonds. The van der Waals surface area contributed by atoms with Crippen molar-refractivity contribution in [3.63, 3.8) is 0 Å². The first-order valence-electron chi connectivity index (χ1n) is 7.06. The quantitative estimate of drug-likeness (QED) is 0.809. The van der Waals surface area contributed by atoms with E-state index in [0.29, 0.717) is 11.4 Å². The third-order valence-corrected chi connectivity index (χ3v) is 4.80. The summed E-state index contributed by atoms with van der Waals surface area (Å²) in [6, 6.07) is 1.93. The van der Waals surface area contributed by atoms with Crippen LogP contribution < -0.4 is 9.64 Å². The Morgan fingerprint density at radius 1 is 1.16 bits per heavy atom. The number of hydrogen-bond donors (Lipinski definition) is 0. The van der Waals surface area contributed by atoms with E-state index in [1.54, 1.807) is 13.4 Å². The van der Waals surface area contributed by atoms with Crippen LogP contribution >= 0.6 is 0 Å². The molecule has 19 heavy (non-hydrogen) atoms. The molecule has 1 spiro atoms. The van der Waals surface area contributed by atoms with E-state index < -0.39 is 0 Å². The number of nitrogens with zero attached hydrogens (tertiary/aromatic N) is 4. The van der Waals surface area contributed by atoms with Crippen LogP contribution in [0.15, 0.2) is 12.4 Å². The second kappa shape index (κ2) is 4.96. The van der Waals surface area contributed by atoms with Crippen molar-refractivity contribution in [2.24, 2.45) is 0 Å². The number of likely N-dealkylation sites (tertiary alicyclic amines) is 1. The molecule has 5 nitrogen and oxygen atoms in total. The lowest BCUT2D eigenvalue weighted by Gasteiger charge is -2.44. The highest BCUT2D eigenvalue weighted by molar-refractivity contribution is 5.41. The fourth-order valence-electron chi connectivity index (χ4n) is 3.47. The highest BCUT2D eigenvalue weighted by Gasteiger charge is 2.41. The molecule has 1 aromatic rings. The summed E-state index contributed by atoms with van der Waals surface area (Å²) in [6.07, 6.45) is 6.74. The highest BCUT2D eigenvalue weighted by Crippen LogP contribution is 2.38. The molecule has 1 aromatic heterocycles. The van der Waals surface area contributed by atoms with Crippen LogP contribution in [0.1, 0.15) is 25.7 Å². The minimum absolute atomic E-state index is 0.452. The van der Waals surface area contributed by atoms with E-state index in [-0.39, 0.29) is 0 Å². The van der Waals surface area contributed by atoms with Crippen LogP contribution in [-0.4, -0.2) is 54.2 Å². The van der Waals surface area contributed by atoms with Crippen molar-refractivity contribution in [1.82, 2.24) is 14.9 Å². The first-order valence-corrected chi connectivity index (χ1v) is 7.06. The second-order valence-electron chi connectivity index (χ2n) is 5.66. The largest absolute Gasteiger partial charge is 0.481 e. The monoisotopic (exact) mass is 262 g/mol. The van der Waals surface area contributed by atoms with Crippen LogP contribution in [0.3, 0.4) is 0 Å². The average molecular weight is 262 g/mol. The van der Waals surface area contributed by atoms with Crippen molar-refractivity contribution in [1.29, 1.82) is 0 Å². The Bertz CT molecular complexity index is 443. The third kappa shape index (κ3) is 2.27. The van der Waals surface area contributed by atoms with E-state index in [1.807, 2.05) is 6.07 Å². The Balaban J connectivity index is 1.69. The number of piperidine rings is 1. The summed E-state index contributed by atoms with van der Waals surface area (Å²) in [5, 5.41) is 0. The molecule has 3 rings (SSSR count). The van der Waals surface area contributed by atoms with Crippen LogP contribution in [0.5, 0.6) is 5.88 Å². The molecule has 2 aliphatic rings. The molecule has 5 heteroatoms. The van der Waals surface area contributed by atoms with Crippen molar-refractivity contribution in [2.75, 3.05) is 38.7 Å². The first-order chi connectivity index (χ1) is 9.23. The maximum absolute atomic E-state index is 5.17. The van der Waals surface area contributed by atoms with E-state index in [2.05, 4.69) is 26.8 Å². The fraction of sp³-hybridized carbons (Fsp3) is 0.714. The second-order valence-corrected chi connectivity index (χ2v) is 5.66. The molecule has 0 saturated carbocycles. The Labute approximate surface area is 114 Å². The summed E-state index contributed by atoms with van der Waals surface area (Å²) in [4.78, 5) is 13.3. The van der Waals surface area contributed by atoms with Gasteiger partial charge in [0, 0.05) is 24.7 Å². The van der Waals surface area contributed by atoms with Crippen molar-refractivity contribution in [3.8, 4) is 5.88 Å². The molecule has 0 radical (unpaired) electrons. The van der Waals surface area contributed by atoms with E-state index in [0.717, 1.165) is 18.9 Å². The number of aromatic nitrogens is 2. The standard InChI is InChI=1S/C14H22N4O/c1-17-7-3-4-14(17)5-8-18(9-6-14)12-10-13(19-2)16-11-15-12/h10-11H,3-9H2,1-2H3. The Morgan fingerprint density at radius 3 is 2.58 bits per heavy atom. The zero-order chi connectivity index (χ0) is 13.3. The molecule has 0 N–H and O–H groups in total. The summed E-state index contributed by atoms with van der Waals surface area (Å²) in [5.41, 5.74) is 0.452. The summed E-state index contributed by atoms with van der Waals surface area (Å²) >= 11 is 0. The Hall–Kier alpha value is -1.36. The number of methoxy groups -OCH3 is 1. The van der Waals surface area contributed by atoms with Gasteiger partial charge in [0.2, 0.25) is 5.88 Å². The molecule has 3 heterocycles. The minimum atomic E-state index is 0.452. The molecule has 2 fully saturated rings. The number of rotatable bonds is 2. The molecule has 0 unspecified atom stereocenters. The Morgan fingerprint density at radius 2 is 1.95 bits per heavy atom. The average Bonchev–Trinajstić information content (AvgIpc) is 2.81. The predicted molar refractivity (Wildman–Crippen MR) is 74.6 cm³/mol. The van der Waals surface area contributed by atoms with Gasteiger partial charge in [-0.2, -0.15) is 0 Å². The first kappa shape index (κ1) is 12.7. The minimum Gasteiger partial charge on any atom is -0.481 e. The number of hydrogen-bond acceptors (Lipinski definition) is 5. The fourth-order valence-corrected chi connectivity index (χ4v) is 3.47. The SMILES string of the molecule is COc1cc(N2CCC3(CCCN3C)CC2)ncn1. The van der Waals surface area contributed by atoms with Crippen molar-refractivity contribution in [2.45, 2.75) is 31.2 Å². The maximum Gasteiger partial charge on any atom is 0.218 e. The van der Waals surface area contributed by atoms with Crippen LogP contribution in [0.25, 0.3) is 0 Å².